The second kappa shape index (κ2) is 7.28. The first-order valence-corrected chi connectivity index (χ1v) is 7.60. The number of methoxy groups -OCH3 is 1. The highest BCUT2D eigenvalue weighted by atomic mass is 16.5. The predicted molar refractivity (Wildman–Crippen MR) is 88.1 cm³/mol. The molecule has 0 heterocycles. The molecule has 0 spiro atoms. The highest BCUT2D eigenvalue weighted by Gasteiger charge is 2.11. The maximum atomic E-state index is 5.38. The Bertz CT molecular complexity index is 578. The van der Waals surface area contributed by atoms with Gasteiger partial charge >= 0.3 is 0 Å². The molecule has 0 amide bonds. The van der Waals surface area contributed by atoms with Gasteiger partial charge in [0.25, 0.3) is 0 Å². The summed E-state index contributed by atoms with van der Waals surface area (Å²) in [5.74, 6) is 0.984. The van der Waals surface area contributed by atoms with Gasteiger partial charge in [-0.1, -0.05) is 30.3 Å². The average Bonchev–Trinajstić information content (AvgIpc) is 2.51. The van der Waals surface area contributed by atoms with Crippen LogP contribution in [0.4, 0.5) is 0 Å². The van der Waals surface area contributed by atoms with E-state index < -0.39 is 0 Å². The van der Waals surface area contributed by atoms with Crippen LogP contribution in [-0.2, 0) is 13.0 Å². The molecule has 0 aromatic heterocycles. The molecule has 0 aliphatic heterocycles. The quantitative estimate of drug-likeness (QED) is 0.861. The molecule has 0 aliphatic carbocycles. The number of likely N-dealkylation sites (N-methyl/N-ethyl adjacent to an activating group) is 1. The van der Waals surface area contributed by atoms with E-state index in [2.05, 4.69) is 63.4 Å². The third-order valence-electron chi connectivity index (χ3n) is 4.25. The molecule has 0 bridgehead atoms. The van der Waals surface area contributed by atoms with Crippen LogP contribution >= 0.6 is 0 Å². The summed E-state index contributed by atoms with van der Waals surface area (Å²) < 4.78 is 5.38. The van der Waals surface area contributed by atoms with E-state index in [1.165, 1.54) is 27.2 Å². The predicted octanol–water partition coefficient (Wildman–Crippen LogP) is 2.57. The van der Waals surface area contributed by atoms with Crippen molar-refractivity contribution in [2.45, 2.75) is 26.8 Å². The average molecular weight is 284 g/mol. The van der Waals surface area contributed by atoms with E-state index in [4.69, 9.17) is 4.74 Å². The van der Waals surface area contributed by atoms with Crippen LogP contribution in [0.15, 0.2) is 42.5 Å². The van der Waals surface area contributed by atoms with Crippen molar-refractivity contribution in [2.24, 2.45) is 0 Å². The normalized spacial score (nSPS) is 12.2. The number of rotatable bonds is 6. The SMILES string of the molecule is COc1ccc(C[NH+](C)CCc2ccccc2)c(C)c1C. The summed E-state index contributed by atoms with van der Waals surface area (Å²) in [6.45, 7) is 6.53. The van der Waals surface area contributed by atoms with E-state index in [1.54, 1.807) is 7.11 Å². The molecule has 0 radical (unpaired) electrons. The Kier molecular flexibility index (Phi) is 5.40. The lowest BCUT2D eigenvalue weighted by Gasteiger charge is -2.17. The molecule has 0 aliphatic rings. The van der Waals surface area contributed by atoms with Gasteiger partial charge < -0.3 is 9.64 Å². The lowest BCUT2D eigenvalue weighted by atomic mass is 10.0. The van der Waals surface area contributed by atoms with Crippen molar-refractivity contribution in [1.82, 2.24) is 0 Å². The van der Waals surface area contributed by atoms with Crippen LogP contribution in [0.2, 0.25) is 0 Å². The summed E-state index contributed by atoms with van der Waals surface area (Å²) in [5, 5.41) is 0. The molecule has 2 rings (SSSR count). The number of benzene rings is 2. The molecule has 2 aromatic carbocycles. The Morgan fingerprint density at radius 3 is 2.33 bits per heavy atom. The van der Waals surface area contributed by atoms with E-state index in [1.807, 2.05) is 0 Å². The van der Waals surface area contributed by atoms with Crippen LogP contribution in [0.3, 0.4) is 0 Å². The fourth-order valence-electron chi connectivity index (χ4n) is 2.68. The number of quaternary nitrogens is 1. The lowest BCUT2D eigenvalue weighted by molar-refractivity contribution is -0.893. The number of hydrogen-bond acceptors (Lipinski definition) is 1. The third-order valence-corrected chi connectivity index (χ3v) is 4.25. The van der Waals surface area contributed by atoms with Crippen molar-refractivity contribution in [3.05, 3.63) is 64.7 Å². The Hall–Kier alpha value is -1.80. The first kappa shape index (κ1) is 15.6. The van der Waals surface area contributed by atoms with Crippen molar-refractivity contribution in [2.75, 3.05) is 20.7 Å². The molecule has 1 N–H and O–H groups in total. The zero-order chi connectivity index (χ0) is 15.2. The van der Waals surface area contributed by atoms with Crippen molar-refractivity contribution in [3.8, 4) is 5.75 Å². The minimum atomic E-state index is 0.984. The van der Waals surface area contributed by atoms with E-state index in [0.29, 0.717) is 0 Å². The van der Waals surface area contributed by atoms with E-state index >= 15 is 0 Å². The molecule has 1 unspecified atom stereocenters. The smallest absolute Gasteiger partial charge is 0.122 e. The van der Waals surface area contributed by atoms with Gasteiger partial charge in [-0.05, 0) is 42.7 Å². The molecule has 1 atom stereocenters. The van der Waals surface area contributed by atoms with Crippen molar-refractivity contribution in [3.63, 3.8) is 0 Å². The highest BCUT2D eigenvalue weighted by molar-refractivity contribution is 5.43. The molecule has 2 aromatic rings. The van der Waals surface area contributed by atoms with Gasteiger partial charge in [-0.25, -0.2) is 0 Å². The fourth-order valence-corrected chi connectivity index (χ4v) is 2.68. The van der Waals surface area contributed by atoms with Crippen molar-refractivity contribution < 1.29 is 9.64 Å². The number of nitrogens with one attached hydrogen (secondary N) is 1. The van der Waals surface area contributed by atoms with Crippen LogP contribution in [0, 0.1) is 13.8 Å². The summed E-state index contributed by atoms with van der Waals surface area (Å²) in [4.78, 5) is 1.53. The summed E-state index contributed by atoms with van der Waals surface area (Å²) >= 11 is 0. The molecule has 112 valence electrons. The van der Waals surface area contributed by atoms with Gasteiger partial charge in [0.2, 0.25) is 0 Å². The Balaban J connectivity index is 1.96. The van der Waals surface area contributed by atoms with Gasteiger partial charge in [-0.15, -0.1) is 0 Å². The highest BCUT2D eigenvalue weighted by Crippen LogP contribution is 2.23. The van der Waals surface area contributed by atoms with Gasteiger partial charge in [0.1, 0.15) is 12.3 Å². The van der Waals surface area contributed by atoms with Crippen LogP contribution in [0.5, 0.6) is 5.75 Å². The lowest BCUT2D eigenvalue weighted by Crippen LogP contribution is -3.07. The molecular weight excluding hydrogens is 258 g/mol. The third kappa shape index (κ3) is 4.08. The second-order valence-corrected chi connectivity index (χ2v) is 5.80. The van der Waals surface area contributed by atoms with Crippen LogP contribution in [0.1, 0.15) is 22.3 Å². The summed E-state index contributed by atoms with van der Waals surface area (Å²) in [6, 6.07) is 15.0. The molecule has 0 fully saturated rings. The number of ether oxygens (including phenoxy) is 1. The van der Waals surface area contributed by atoms with E-state index in [-0.39, 0.29) is 0 Å². The first-order chi connectivity index (χ1) is 10.1. The van der Waals surface area contributed by atoms with Gasteiger partial charge in [-0.3, -0.25) is 0 Å². The van der Waals surface area contributed by atoms with Gasteiger partial charge in [0.05, 0.1) is 20.7 Å². The van der Waals surface area contributed by atoms with E-state index in [9.17, 15) is 0 Å². The zero-order valence-corrected chi connectivity index (χ0v) is 13.6. The monoisotopic (exact) mass is 284 g/mol. The molecule has 2 nitrogen and oxygen atoms in total. The minimum Gasteiger partial charge on any atom is -0.496 e. The summed E-state index contributed by atoms with van der Waals surface area (Å²) in [7, 11) is 4.00. The number of hydrogen-bond donors (Lipinski definition) is 1. The van der Waals surface area contributed by atoms with Crippen molar-refractivity contribution in [1.29, 1.82) is 0 Å². The largest absolute Gasteiger partial charge is 0.496 e. The molecule has 0 saturated carbocycles. The Morgan fingerprint density at radius 2 is 1.67 bits per heavy atom. The van der Waals surface area contributed by atoms with Crippen LogP contribution in [-0.4, -0.2) is 20.7 Å². The first-order valence-electron chi connectivity index (χ1n) is 7.60. The standard InChI is InChI=1S/C19H25NO/c1-15-16(2)19(21-4)11-10-18(15)14-20(3)13-12-17-8-6-5-7-9-17/h5-11H,12-14H2,1-4H3/p+1. The molecule has 21 heavy (non-hydrogen) atoms. The van der Waals surface area contributed by atoms with E-state index in [0.717, 1.165) is 25.3 Å². The van der Waals surface area contributed by atoms with Crippen LogP contribution in [0.25, 0.3) is 0 Å². The summed E-state index contributed by atoms with van der Waals surface area (Å²) in [5.41, 5.74) is 5.44. The summed E-state index contributed by atoms with van der Waals surface area (Å²) in [6.07, 6.45) is 1.13. The maximum Gasteiger partial charge on any atom is 0.122 e. The Morgan fingerprint density at radius 1 is 0.952 bits per heavy atom. The van der Waals surface area contributed by atoms with Gasteiger partial charge in [0.15, 0.2) is 0 Å². The Labute approximate surface area is 128 Å². The topological polar surface area (TPSA) is 13.7 Å². The maximum absolute atomic E-state index is 5.38. The van der Waals surface area contributed by atoms with Crippen LogP contribution < -0.4 is 9.64 Å². The zero-order valence-electron chi connectivity index (χ0n) is 13.6. The second-order valence-electron chi connectivity index (χ2n) is 5.80. The minimum absolute atomic E-state index is 0.984. The van der Waals surface area contributed by atoms with Gasteiger partial charge in [0, 0.05) is 12.0 Å². The van der Waals surface area contributed by atoms with Gasteiger partial charge in [-0.2, -0.15) is 0 Å². The fraction of sp³-hybridized carbons (Fsp3) is 0.368. The molecule has 2 heteroatoms. The molecule has 0 saturated heterocycles. The molecular formula is C19H26NO+. The van der Waals surface area contributed by atoms with Crippen molar-refractivity contribution >= 4 is 0 Å².